The van der Waals surface area contributed by atoms with Crippen molar-refractivity contribution >= 4 is 23.2 Å². The van der Waals surface area contributed by atoms with E-state index in [1.54, 1.807) is 18.2 Å². The molecule has 0 saturated heterocycles. The Kier molecular flexibility index (Phi) is 3.19. The summed E-state index contributed by atoms with van der Waals surface area (Å²) in [5.41, 5.74) is 2.80. The molecular formula is C15H12Cl2O. The van der Waals surface area contributed by atoms with Crippen LogP contribution in [0.5, 0.6) is 5.75 Å². The molecule has 0 radical (unpaired) electrons. The lowest BCUT2D eigenvalue weighted by molar-refractivity contribution is 0.275. The van der Waals surface area contributed by atoms with E-state index in [1.165, 1.54) is 11.1 Å². The molecule has 0 spiro atoms. The van der Waals surface area contributed by atoms with E-state index in [0.717, 1.165) is 6.42 Å². The summed E-state index contributed by atoms with van der Waals surface area (Å²) in [5, 5.41) is 1.25. The van der Waals surface area contributed by atoms with Gasteiger partial charge < -0.3 is 4.74 Å². The Morgan fingerprint density at radius 2 is 1.94 bits per heavy atom. The van der Waals surface area contributed by atoms with Crippen molar-refractivity contribution in [2.24, 2.45) is 0 Å². The molecule has 2 aromatic carbocycles. The average molecular weight is 279 g/mol. The van der Waals surface area contributed by atoms with Crippen LogP contribution in [0, 0.1) is 0 Å². The Balaban J connectivity index is 1.68. The van der Waals surface area contributed by atoms with E-state index in [9.17, 15) is 0 Å². The fourth-order valence-corrected chi connectivity index (χ4v) is 2.62. The maximum absolute atomic E-state index is 6.06. The third-order valence-electron chi connectivity index (χ3n) is 3.29. The normalized spacial score (nSPS) is 16.9. The number of benzene rings is 2. The molecule has 0 aromatic heterocycles. The van der Waals surface area contributed by atoms with Crippen LogP contribution in [-0.4, -0.2) is 6.61 Å². The Hall–Kier alpha value is -1.18. The topological polar surface area (TPSA) is 9.23 Å². The van der Waals surface area contributed by atoms with Gasteiger partial charge in [-0.2, -0.15) is 0 Å². The van der Waals surface area contributed by atoms with Gasteiger partial charge in [0.15, 0.2) is 0 Å². The average Bonchev–Trinajstić information content (AvgIpc) is 2.34. The van der Waals surface area contributed by atoms with Gasteiger partial charge in [-0.15, -0.1) is 0 Å². The Morgan fingerprint density at radius 3 is 2.78 bits per heavy atom. The maximum Gasteiger partial charge on any atom is 0.139 e. The highest BCUT2D eigenvalue weighted by molar-refractivity contribution is 6.34. The third-order valence-corrected chi connectivity index (χ3v) is 3.84. The molecule has 18 heavy (non-hydrogen) atoms. The van der Waals surface area contributed by atoms with Crippen molar-refractivity contribution in [3.05, 3.63) is 63.6 Å². The minimum atomic E-state index is 0.469. The van der Waals surface area contributed by atoms with E-state index < -0.39 is 0 Å². The van der Waals surface area contributed by atoms with Crippen LogP contribution in [0.25, 0.3) is 0 Å². The molecule has 1 nitrogen and oxygen atoms in total. The second kappa shape index (κ2) is 4.83. The highest BCUT2D eigenvalue weighted by atomic mass is 35.5. The van der Waals surface area contributed by atoms with Crippen LogP contribution in [0.2, 0.25) is 10.0 Å². The van der Waals surface area contributed by atoms with Crippen molar-refractivity contribution < 1.29 is 4.74 Å². The van der Waals surface area contributed by atoms with Crippen molar-refractivity contribution in [1.29, 1.82) is 0 Å². The molecule has 0 saturated carbocycles. The number of ether oxygens (including phenoxy) is 1. The van der Waals surface area contributed by atoms with E-state index in [2.05, 4.69) is 24.3 Å². The summed E-state index contributed by atoms with van der Waals surface area (Å²) < 4.78 is 5.76. The van der Waals surface area contributed by atoms with Gasteiger partial charge in [-0.05, 0) is 29.7 Å². The van der Waals surface area contributed by atoms with Crippen molar-refractivity contribution in [1.82, 2.24) is 0 Å². The molecule has 1 aliphatic rings. The minimum Gasteiger partial charge on any atom is -0.491 e. The van der Waals surface area contributed by atoms with Gasteiger partial charge in [-0.25, -0.2) is 0 Å². The van der Waals surface area contributed by atoms with Crippen LogP contribution in [-0.2, 0) is 6.42 Å². The Morgan fingerprint density at radius 1 is 1.11 bits per heavy atom. The molecular weight excluding hydrogens is 267 g/mol. The zero-order chi connectivity index (χ0) is 12.5. The third kappa shape index (κ3) is 2.21. The van der Waals surface area contributed by atoms with Gasteiger partial charge in [0.2, 0.25) is 0 Å². The number of rotatable bonds is 3. The SMILES string of the molecule is Clc1ccc(Cl)c(OCC2Cc3ccccc32)c1. The zero-order valence-corrected chi connectivity index (χ0v) is 11.2. The summed E-state index contributed by atoms with van der Waals surface area (Å²) in [6.07, 6.45) is 1.08. The summed E-state index contributed by atoms with van der Waals surface area (Å²) >= 11 is 12.0. The van der Waals surface area contributed by atoms with Crippen molar-refractivity contribution in [3.8, 4) is 5.75 Å². The molecule has 2 aromatic rings. The highest BCUT2D eigenvalue weighted by Gasteiger charge is 2.26. The summed E-state index contributed by atoms with van der Waals surface area (Å²) in [6.45, 7) is 0.650. The number of hydrogen-bond donors (Lipinski definition) is 0. The second-order valence-corrected chi connectivity index (χ2v) is 5.33. The molecule has 92 valence electrons. The van der Waals surface area contributed by atoms with Crippen LogP contribution in [0.3, 0.4) is 0 Å². The number of fused-ring (bicyclic) bond motifs is 1. The molecule has 0 aliphatic heterocycles. The van der Waals surface area contributed by atoms with Crippen molar-refractivity contribution in [2.75, 3.05) is 6.61 Å². The van der Waals surface area contributed by atoms with E-state index >= 15 is 0 Å². The molecule has 1 unspecified atom stereocenters. The molecule has 3 heteroatoms. The predicted molar refractivity (Wildman–Crippen MR) is 74.8 cm³/mol. The van der Waals surface area contributed by atoms with E-state index in [4.69, 9.17) is 27.9 Å². The van der Waals surface area contributed by atoms with Gasteiger partial charge in [0, 0.05) is 17.0 Å². The highest BCUT2D eigenvalue weighted by Crippen LogP contribution is 2.36. The maximum atomic E-state index is 6.06. The van der Waals surface area contributed by atoms with E-state index in [-0.39, 0.29) is 0 Å². The largest absolute Gasteiger partial charge is 0.491 e. The zero-order valence-electron chi connectivity index (χ0n) is 9.70. The van der Waals surface area contributed by atoms with Crippen LogP contribution < -0.4 is 4.74 Å². The molecule has 0 bridgehead atoms. The molecule has 0 N–H and O–H groups in total. The smallest absolute Gasteiger partial charge is 0.139 e. The van der Waals surface area contributed by atoms with Crippen LogP contribution in [0.4, 0.5) is 0 Å². The van der Waals surface area contributed by atoms with Crippen LogP contribution >= 0.6 is 23.2 Å². The molecule has 0 amide bonds. The standard InChI is InChI=1S/C15H12Cl2O/c16-12-5-6-14(17)15(8-12)18-9-11-7-10-3-1-2-4-13(10)11/h1-6,8,11H,7,9H2. The lowest BCUT2D eigenvalue weighted by Crippen LogP contribution is -2.23. The van der Waals surface area contributed by atoms with Gasteiger partial charge in [0.1, 0.15) is 5.75 Å². The fourth-order valence-electron chi connectivity index (χ4n) is 2.29. The van der Waals surface area contributed by atoms with Crippen molar-refractivity contribution in [2.45, 2.75) is 12.3 Å². The first-order chi connectivity index (χ1) is 8.74. The van der Waals surface area contributed by atoms with Gasteiger partial charge in [-0.1, -0.05) is 47.5 Å². The fraction of sp³-hybridized carbons (Fsp3) is 0.200. The first-order valence-electron chi connectivity index (χ1n) is 5.89. The van der Waals surface area contributed by atoms with Crippen molar-refractivity contribution in [3.63, 3.8) is 0 Å². The van der Waals surface area contributed by atoms with Gasteiger partial charge in [0.05, 0.1) is 11.6 Å². The number of hydrogen-bond acceptors (Lipinski definition) is 1. The lowest BCUT2D eigenvalue weighted by Gasteiger charge is -2.29. The molecule has 1 aliphatic carbocycles. The minimum absolute atomic E-state index is 0.469. The number of halogens is 2. The summed E-state index contributed by atoms with van der Waals surface area (Å²) in [6, 6.07) is 13.7. The monoisotopic (exact) mass is 278 g/mol. The van der Waals surface area contributed by atoms with E-state index in [1.807, 2.05) is 0 Å². The Bertz CT molecular complexity index is 580. The predicted octanol–water partition coefficient (Wildman–Crippen LogP) is 4.71. The van der Waals surface area contributed by atoms with Gasteiger partial charge >= 0.3 is 0 Å². The summed E-state index contributed by atoms with van der Waals surface area (Å²) in [5.74, 6) is 1.13. The molecule has 1 atom stereocenters. The quantitative estimate of drug-likeness (QED) is 0.790. The lowest BCUT2D eigenvalue weighted by atomic mass is 9.78. The van der Waals surface area contributed by atoms with Crippen LogP contribution in [0.1, 0.15) is 17.0 Å². The summed E-state index contributed by atoms with van der Waals surface area (Å²) in [4.78, 5) is 0. The van der Waals surface area contributed by atoms with Crippen LogP contribution in [0.15, 0.2) is 42.5 Å². The van der Waals surface area contributed by atoms with Gasteiger partial charge in [-0.3, -0.25) is 0 Å². The Labute approximate surface area is 116 Å². The van der Waals surface area contributed by atoms with Gasteiger partial charge in [0.25, 0.3) is 0 Å². The molecule has 3 rings (SSSR count). The van der Waals surface area contributed by atoms with E-state index in [0.29, 0.717) is 28.3 Å². The molecule has 0 fully saturated rings. The first-order valence-corrected chi connectivity index (χ1v) is 6.65. The molecule has 0 heterocycles. The second-order valence-electron chi connectivity index (χ2n) is 4.49. The summed E-state index contributed by atoms with van der Waals surface area (Å²) in [7, 11) is 0. The first kappa shape index (κ1) is 11.9.